The van der Waals surface area contributed by atoms with Crippen molar-refractivity contribution in [2.75, 3.05) is 6.61 Å². The Hall–Kier alpha value is -2.48. The van der Waals surface area contributed by atoms with Gasteiger partial charge in [-0.3, -0.25) is 4.79 Å². The molecule has 27 heavy (non-hydrogen) atoms. The van der Waals surface area contributed by atoms with Crippen molar-refractivity contribution < 1.29 is 14.5 Å². The van der Waals surface area contributed by atoms with Crippen LogP contribution in [0.4, 0.5) is 0 Å². The molecule has 0 aliphatic rings. The number of hydrogen-bond donors (Lipinski definition) is 1. The lowest BCUT2D eigenvalue weighted by Gasteiger charge is -2.28. The lowest BCUT2D eigenvalue weighted by molar-refractivity contribution is 0.0981. The summed E-state index contributed by atoms with van der Waals surface area (Å²) in [6, 6.07) is 27.5. The first-order valence-electron chi connectivity index (χ1n) is 9.09. The van der Waals surface area contributed by atoms with Crippen LogP contribution in [0.5, 0.6) is 0 Å². The van der Waals surface area contributed by atoms with E-state index in [2.05, 4.69) is 0 Å². The Kier molecular flexibility index (Phi) is 6.39. The van der Waals surface area contributed by atoms with Crippen molar-refractivity contribution in [2.24, 2.45) is 0 Å². The van der Waals surface area contributed by atoms with Gasteiger partial charge < -0.3 is 9.67 Å². The highest BCUT2D eigenvalue weighted by Gasteiger charge is 2.40. The van der Waals surface area contributed by atoms with E-state index in [9.17, 15) is 14.5 Å². The van der Waals surface area contributed by atoms with Crippen molar-refractivity contribution in [1.29, 1.82) is 0 Å². The van der Waals surface area contributed by atoms with Crippen molar-refractivity contribution in [2.45, 2.75) is 18.5 Å². The molecule has 0 amide bonds. The molecular formula is C23H23O3P. The molecular weight excluding hydrogens is 355 g/mol. The quantitative estimate of drug-likeness (QED) is 0.476. The monoisotopic (exact) mass is 378 g/mol. The van der Waals surface area contributed by atoms with Crippen LogP contribution in [0.2, 0.25) is 0 Å². The molecule has 3 aromatic rings. The van der Waals surface area contributed by atoms with Gasteiger partial charge in [0, 0.05) is 22.8 Å². The summed E-state index contributed by atoms with van der Waals surface area (Å²) in [7, 11) is -3.25. The van der Waals surface area contributed by atoms with Gasteiger partial charge in [-0.05, 0) is 12.8 Å². The Balaban J connectivity index is 2.17. The lowest BCUT2D eigenvalue weighted by atomic mass is 10.1. The van der Waals surface area contributed by atoms with Gasteiger partial charge in [0.2, 0.25) is 0 Å². The predicted molar refractivity (Wildman–Crippen MR) is 111 cm³/mol. The Morgan fingerprint density at radius 2 is 1.22 bits per heavy atom. The average molecular weight is 378 g/mol. The molecule has 3 rings (SSSR count). The average Bonchev–Trinajstić information content (AvgIpc) is 2.75. The summed E-state index contributed by atoms with van der Waals surface area (Å²) in [5.41, 5.74) is -0.163. The van der Waals surface area contributed by atoms with Crippen LogP contribution in [-0.4, -0.2) is 23.2 Å². The molecule has 0 aromatic heterocycles. The largest absolute Gasteiger partial charge is 0.396 e. The maximum absolute atomic E-state index is 14.5. The van der Waals surface area contributed by atoms with Gasteiger partial charge in [0.05, 0.1) is 5.66 Å². The fourth-order valence-corrected chi connectivity index (χ4v) is 6.64. The molecule has 138 valence electrons. The molecule has 0 fully saturated rings. The fourth-order valence-electron chi connectivity index (χ4n) is 3.37. The zero-order chi connectivity index (χ0) is 19.1. The van der Waals surface area contributed by atoms with E-state index in [-0.39, 0.29) is 12.4 Å². The molecule has 1 atom stereocenters. The molecule has 0 saturated heterocycles. The topological polar surface area (TPSA) is 54.4 Å². The molecule has 0 saturated carbocycles. The first-order chi connectivity index (χ1) is 13.2. The molecule has 0 aliphatic heterocycles. The minimum absolute atomic E-state index is 0.0395. The number of benzene rings is 3. The van der Waals surface area contributed by atoms with Gasteiger partial charge in [0.15, 0.2) is 12.9 Å². The summed E-state index contributed by atoms with van der Waals surface area (Å²) < 4.78 is 14.5. The standard InChI is InChI=1S/C23H23O3P/c24-18-10-17-22(23(25)19-11-4-1-5-12-19)27(26,20-13-6-2-7-14-20)21-15-8-3-9-16-21/h1-9,11-16,22,24H,10,17-18H2. The number of aliphatic hydroxyl groups excluding tert-OH is 1. The fraction of sp³-hybridized carbons (Fsp3) is 0.174. The van der Waals surface area contributed by atoms with E-state index in [0.29, 0.717) is 29.0 Å². The van der Waals surface area contributed by atoms with Gasteiger partial charge >= 0.3 is 0 Å². The number of rotatable bonds is 8. The molecule has 0 spiro atoms. The minimum atomic E-state index is -3.25. The van der Waals surface area contributed by atoms with Crippen LogP contribution in [0.25, 0.3) is 0 Å². The summed E-state index contributed by atoms with van der Waals surface area (Å²) in [4.78, 5) is 13.4. The molecule has 0 radical (unpaired) electrons. The third-order valence-corrected chi connectivity index (χ3v) is 8.22. The van der Waals surface area contributed by atoms with Crippen LogP contribution < -0.4 is 10.6 Å². The van der Waals surface area contributed by atoms with E-state index in [1.165, 1.54) is 0 Å². The van der Waals surface area contributed by atoms with Gasteiger partial charge in [0.25, 0.3) is 0 Å². The van der Waals surface area contributed by atoms with Crippen LogP contribution >= 0.6 is 7.14 Å². The van der Waals surface area contributed by atoms with Crippen LogP contribution in [-0.2, 0) is 4.57 Å². The Labute approximate surface area is 160 Å². The zero-order valence-corrected chi connectivity index (χ0v) is 16.0. The zero-order valence-electron chi connectivity index (χ0n) is 15.1. The molecule has 3 nitrogen and oxygen atoms in total. The van der Waals surface area contributed by atoms with E-state index < -0.39 is 12.8 Å². The maximum Gasteiger partial charge on any atom is 0.173 e. The van der Waals surface area contributed by atoms with Crippen LogP contribution in [0.15, 0.2) is 91.0 Å². The van der Waals surface area contributed by atoms with E-state index in [0.717, 1.165) is 0 Å². The van der Waals surface area contributed by atoms with Crippen molar-refractivity contribution in [3.8, 4) is 0 Å². The second-order valence-electron chi connectivity index (χ2n) is 6.44. The number of aliphatic hydroxyl groups is 1. The second-order valence-corrected chi connectivity index (χ2v) is 9.41. The highest BCUT2D eigenvalue weighted by Crippen LogP contribution is 2.51. The van der Waals surface area contributed by atoms with Crippen LogP contribution in [0.1, 0.15) is 23.2 Å². The van der Waals surface area contributed by atoms with Crippen molar-refractivity contribution in [3.63, 3.8) is 0 Å². The molecule has 3 aromatic carbocycles. The first-order valence-corrected chi connectivity index (χ1v) is 10.9. The molecule has 1 unspecified atom stereocenters. The number of carbonyl (C=O) groups excluding carboxylic acids is 1. The maximum atomic E-state index is 14.5. The van der Waals surface area contributed by atoms with Crippen LogP contribution in [0.3, 0.4) is 0 Å². The predicted octanol–water partition coefficient (Wildman–Crippen LogP) is 4.02. The smallest absolute Gasteiger partial charge is 0.173 e. The Bertz CT molecular complexity index is 865. The molecule has 1 N–H and O–H groups in total. The van der Waals surface area contributed by atoms with E-state index in [4.69, 9.17) is 0 Å². The van der Waals surface area contributed by atoms with Gasteiger partial charge in [-0.1, -0.05) is 91.0 Å². The van der Waals surface area contributed by atoms with Crippen LogP contribution in [0, 0.1) is 0 Å². The number of ketones is 1. The Morgan fingerprint density at radius 3 is 1.67 bits per heavy atom. The summed E-state index contributed by atoms with van der Waals surface area (Å²) in [5.74, 6) is -0.139. The number of hydrogen-bond acceptors (Lipinski definition) is 3. The summed E-state index contributed by atoms with van der Waals surface area (Å²) >= 11 is 0. The van der Waals surface area contributed by atoms with Gasteiger partial charge in [0.1, 0.15) is 0 Å². The number of carbonyl (C=O) groups is 1. The van der Waals surface area contributed by atoms with Crippen molar-refractivity contribution in [3.05, 3.63) is 96.6 Å². The SMILES string of the molecule is O=C(c1ccccc1)C(CCCO)P(=O)(c1ccccc1)c1ccccc1. The third-order valence-electron chi connectivity index (χ3n) is 4.72. The molecule has 0 heterocycles. The second kappa shape index (κ2) is 8.94. The van der Waals surface area contributed by atoms with Crippen molar-refractivity contribution >= 4 is 23.5 Å². The highest BCUT2D eigenvalue weighted by atomic mass is 31.2. The Morgan fingerprint density at radius 1 is 0.778 bits per heavy atom. The van der Waals surface area contributed by atoms with Gasteiger partial charge in [-0.15, -0.1) is 0 Å². The summed E-state index contributed by atoms with van der Waals surface area (Å²) in [5, 5.41) is 10.7. The van der Waals surface area contributed by atoms with Crippen molar-refractivity contribution in [1.82, 2.24) is 0 Å². The number of Topliss-reactive ketones (excluding diaryl/α,β-unsaturated/α-hetero) is 1. The molecule has 0 aliphatic carbocycles. The highest BCUT2D eigenvalue weighted by molar-refractivity contribution is 7.80. The summed E-state index contributed by atoms with van der Waals surface area (Å²) in [6.45, 7) is -0.0395. The third kappa shape index (κ3) is 4.10. The lowest BCUT2D eigenvalue weighted by Crippen LogP contribution is -2.32. The van der Waals surface area contributed by atoms with Gasteiger partial charge in [-0.25, -0.2) is 0 Å². The molecule has 4 heteroatoms. The van der Waals surface area contributed by atoms with E-state index in [1.807, 2.05) is 78.9 Å². The minimum Gasteiger partial charge on any atom is -0.396 e. The normalized spacial score (nSPS) is 12.5. The van der Waals surface area contributed by atoms with E-state index >= 15 is 0 Å². The van der Waals surface area contributed by atoms with Gasteiger partial charge in [-0.2, -0.15) is 0 Å². The molecule has 0 bridgehead atoms. The summed E-state index contributed by atoms with van der Waals surface area (Å²) in [6.07, 6.45) is 0.790. The first kappa shape index (κ1) is 19.3. The van der Waals surface area contributed by atoms with E-state index in [1.54, 1.807) is 12.1 Å².